The summed E-state index contributed by atoms with van der Waals surface area (Å²) in [5.74, 6) is -2.23. The number of rotatable bonds is 11. The van der Waals surface area contributed by atoms with Crippen molar-refractivity contribution >= 4 is 11.9 Å². The summed E-state index contributed by atoms with van der Waals surface area (Å²) < 4.78 is 0. The number of carboxylic acids is 2. The number of hydrogen-bond acceptors (Lipinski definition) is 2. The molecule has 4 nitrogen and oxygen atoms in total. The van der Waals surface area contributed by atoms with Gasteiger partial charge in [-0.2, -0.15) is 0 Å². The van der Waals surface area contributed by atoms with Crippen LogP contribution in [0.4, 0.5) is 0 Å². The van der Waals surface area contributed by atoms with E-state index in [2.05, 4.69) is 6.92 Å². The van der Waals surface area contributed by atoms with Crippen molar-refractivity contribution in [3.05, 3.63) is 0 Å². The van der Waals surface area contributed by atoms with E-state index in [1.54, 1.807) is 27.7 Å². The van der Waals surface area contributed by atoms with Crippen LogP contribution in [0.2, 0.25) is 0 Å². The molecular formula is C17H32O4. The van der Waals surface area contributed by atoms with E-state index in [4.69, 9.17) is 0 Å². The Morgan fingerprint density at radius 1 is 0.810 bits per heavy atom. The fourth-order valence-electron chi connectivity index (χ4n) is 3.05. The molecule has 0 fully saturated rings. The lowest BCUT2D eigenvalue weighted by Gasteiger charge is -2.39. The van der Waals surface area contributed by atoms with Gasteiger partial charge in [-0.15, -0.1) is 0 Å². The molecule has 0 heterocycles. The third-order valence-corrected chi connectivity index (χ3v) is 4.69. The van der Waals surface area contributed by atoms with Gasteiger partial charge in [-0.3, -0.25) is 9.59 Å². The van der Waals surface area contributed by atoms with E-state index in [1.807, 2.05) is 0 Å². The van der Waals surface area contributed by atoms with Crippen molar-refractivity contribution in [3.63, 3.8) is 0 Å². The van der Waals surface area contributed by atoms with Gasteiger partial charge in [0.1, 0.15) is 0 Å². The van der Waals surface area contributed by atoms with E-state index in [0.717, 1.165) is 19.3 Å². The molecule has 0 aromatic heterocycles. The summed E-state index contributed by atoms with van der Waals surface area (Å²) in [5.41, 5.74) is -2.07. The molecule has 0 aromatic rings. The lowest BCUT2D eigenvalue weighted by atomic mass is 9.63. The van der Waals surface area contributed by atoms with Gasteiger partial charge in [0.25, 0.3) is 0 Å². The Labute approximate surface area is 128 Å². The average molecular weight is 300 g/mol. The van der Waals surface area contributed by atoms with E-state index < -0.39 is 22.8 Å². The first-order chi connectivity index (χ1) is 9.58. The molecule has 0 aliphatic rings. The summed E-state index contributed by atoms with van der Waals surface area (Å²) in [4.78, 5) is 23.0. The van der Waals surface area contributed by atoms with Crippen LogP contribution < -0.4 is 0 Å². The minimum atomic E-state index is -1.04. The smallest absolute Gasteiger partial charge is 0.309 e. The standard InChI is InChI=1S/C17H32O4/c1-6-7-8-9-10-11-12-13(16(2,3)14(18)19)17(4,5)15(20)21/h13H,6-12H2,1-5H3,(H,18,19)(H,20,21). The molecule has 0 aromatic carbocycles. The molecule has 0 aliphatic heterocycles. The summed E-state index contributed by atoms with van der Waals surface area (Å²) in [6.07, 6.45) is 7.34. The molecule has 0 spiro atoms. The van der Waals surface area contributed by atoms with Gasteiger partial charge in [0.15, 0.2) is 0 Å². The highest BCUT2D eigenvalue weighted by molar-refractivity contribution is 5.78. The molecule has 0 bridgehead atoms. The Hall–Kier alpha value is -1.06. The molecule has 0 radical (unpaired) electrons. The van der Waals surface area contributed by atoms with Crippen LogP contribution in [0.5, 0.6) is 0 Å². The number of hydrogen-bond donors (Lipinski definition) is 2. The van der Waals surface area contributed by atoms with E-state index in [1.165, 1.54) is 19.3 Å². The molecule has 124 valence electrons. The maximum atomic E-state index is 11.5. The van der Waals surface area contributed by atoms with Crippen molar-refractivity contribution in [3.8, 4) is 0 Å². The monoisotopic (exact) mass is 300 g/mol. The van der Waals surface area contributed by atoms with Crippen LogP contribution in [0.3, 0.4) is 0 Å². The zero-order chi connectivity index (χ0) is 16.7. The Balaban J connectivity index is 4.78. The van der Waals surface area contributed by atoms with Gasteiger partial charge in [-0.05, 0) is 40.0 Å². The summed E-state index contributed by atoms with van der Waals surface area (Å²) in [7, 11) is 0. The molecule has 0 saturated carbocycles. The summed E-state index contributed by atoms with van der Waals surface area (Å²) in [5, 5.41) is 18.9. The number of aliphatic carboxylic acids is 2. The van der Waals surface area contributed by atoms with Crippen molar-refractivity contribution in [2.45, 2.75) is 79.6 Å². The van der Waals surface area contributed by atoms with E-state index >= 15 is 0 Å². The number of carbonyl (C=O) groups is 2. The van der Waals surface area contributed by atoms with Gasteiger partial charge in [0.2, 0.25) is 0 Å². The summed E-state index contributed by atoms with van der Waals surface area (Å²) in [6, 6.07) is 0. The van der Waals surface area contributed by atoms with Crippen LogP contribution >= 0.6 is 0 Å². The van der Waals surface area contributed by atoms with Gasteiger partial charge in [-0.1, -0.05) is 45.4 Å². The number of unbranched alkanes of at least 4 members (excludes halogenated alkanes) is 5. The van der Waals surface area contributed by atoms with Crippen molar-refractivity contribution in [1.29, 1.82) is 0 Å². The van der Waals surface area contributed by atoms with Gasteiger partial charge in [0.05, 0.1) is 10.8 Å². The van der Waals surface area contributed by atoms with Crippen LogP contribution in [-0.4, -0.2) is 22.2 Å². The fourth-order valence-corrected chi connectivity index (χ4v) is 3.05. The summed E-state index contributed by atoms with van der Waals surface area (Å²) in [6.45, 7) is 8.73. The van der Waals surface area contributed by atoms with Gasteiger partial charge < -0.3 is 10.2 Å². The van der Waals surface area contributed by atoms with Crippen LogP contribution in [0.25, 0.3) is 0 Å². The van der Waals surface area contributed by atoms with Crippen LogP contribution in [-0.2, 0) is 9.59 Å². The molecule has 0 rings (SSSR count). The lowest BCUT2D eigenvalue weighted by molar-refractivity contribution is -0.162. The minimum absolute atomic E-state index is 0.383. The SMILES string of the molecule is CCCCCCCCC(C(C)(C)C(=O)O)C(C)(C)C(=O)O. The van der Waals surface area contributed by atoms with Gasteiger partial charge >= 0.3 is 11.9 Å². The van der Waals surface area contributed by atoms with Crippen LogP contribution in [0.15, 0.2) is 0 Å². The van der Waals surface area contributed by atoms with Crippen LogP contribution in [0, 0.1) is 16.7 Å². The quantitative estimate of drug-likeness (QED) is 0.548. The van der Waals surface area contributed by atoms with Crippen molar-refractivity contribution < 1.29 is 19.8 Å². The van der Waals surface area contributed by atoms with Gasteiger partial charge in [0, 0.05) is 0 Å². The Kier molecular flexibility index (Phi) is 7.98. The molecule has 21 heavy (non-hydrogen) atoms. The van der Waals surface area contributed by atoms with Gasteiger partial charge in [-0.25, -0.2) is 0 Å². The second kappa shape index (κ2) is 8.40. The first kappa shape index (κ1) is 19.9. The highest BCUT2D eigenvalue weighted by atomic mass is 16.4. The number of carboxylic acid groups (broad SMARTS) is 2. The first-order valence-corrected chi connectivity index (χ1v) is 8.05. The Morgan fingerprint density at radius 2 is 1.19 bits per heavy atom. The largest absolute Gasteiger partial charge is 0.481 e. The normalized spacial score (nSPS) is 12.7. The maximum absolute atomic E-state index is 11.5. The highest BCUT2D eigenvalue weighted by Crippen LogP contribution is 2.44. The molecule has 2 N–H and O–H groups in total. The average Bonchev–Trinajstić information content (AvgIpc) is 2.36. The van der Waals surface area contributed by atoms with E-state index in [9.17, 15) is 19.8 Å². The Morgan fingerprint density at radius 3 is 1.57 bits per heavy atom. The van der Waals surface area contributed by atoms with Crippen molar-refractivity contribution in [2.75, 3.05) is 0 Å². The first-order valence-electron chi connectivity index (χ1n) is 8.05. The molecule has 0 unspecified atom stereocenters. The zero-order valence-electron chi connectivity index (χ0n) is 14.2. The zero-order valence-corrected chi connectivity index (χ0v) is 14.2. The summed E-state index contributed by atoms with van der Waals surface area (Å²) >= 11 is 0. The molecule has 0 aliphatic carbocycles. The second-order valence-corrected chi connectivity index (χ2v) is 7.16. The van der Waals surface area contributed by atoms with E-state index in [0.29, 0.717) is 6.42 Å². The maximum Gasteiger partial charge on any atom is 0.309 e. The molecule has 0 amide bonds. The topological polar surface area (TPSA) is 74.6 Å². The van der Waals surface area contributed by atoms with Crippen molar-refractivity contribution in [1.82, 2.24) is 0 Å². The third kappa shape index (κ3) is 5.68. The highest BCUT2D eigenvalue weighted by Gasteiger charge is 2.48. The molecule has 0 atom stereocenters. The molecule has 0 saturated heterocycles. The Bertz CT molecular complexity index is 319. The lowest BCUT2D eigenvalue weighted by Crippen LogP contribution is -2.45. The predicted octanol–water partition coefficient (Wildman–Crippen LogP) is 4.57. The van der Waals surface area contributed by atoms with E-state index in [-0.39, 0.29) is 5.92 Å². The fraction of sp³-hybridized carbons (Fsp3) is 0.882. The van der Waals surface area contributed by atoms with Crippen LogP contribution in [0.1, 0.15) is 79.6 Å². The second-order valence-electron chi connectivity index (χ2n) is 7.16. The minimum Gasteiger partial charge on any atom is -0.481 e. The predicted molar refractivity (Wildman–Crippen MR) is 84.3 cm³/mol. The van der Waals surface area contributed by atoms with Crippen molar-refractivity contribution in [2.24, 2.45) is 16.7 Å². The molecular weight excluding hydrogens is 268 g/mol. The molecule has 4 heteroatoms. The third-order valence-electron chi connectivity index (χ3n) is 4.69.